The summed E-state index contributed by atoms with van der Waals surface area (Å²) in [7, 11) is 0. The Balaban J connectivity index is 1.70. The molecule has 14 heteroatoms. The predicted molar refractivity (Wildman–Crippen MR) is 132 cm³/mol. The number of carbonyl (C=O) groups excluding carboxylic acids is 2. The second kappa shape index (κ2) is 10.6. The number of hydrogen-bond donors (Lipinski definition) is 2. The molecule has 1 heterocycles. The summed E-state index contributed by atoms with van der Waals surface area (Å²) in [6.45, 7) is -2.41. The Labute approximate surface area is 226 Å². The Bertz CT molecular complexity index is 1460. The molecule has 0 fully saturated rings. The molecular formula is C25H17Cl2F6N3O3. The van der Waals surface area contributed by atoms with E-state index >= 15 is 0 Å². The van der Waals surface area contributed by atoms with Gasteiger partial charge >= 0.3 is 12.4 Å². The van der Waals surface area contributed by atoms with Gasteiger partial charge in [0.05, 0.1) is 17.8 Å². The quantitative estimate of drug-likeness (QED) is 0.338. The molecule has 0 aromatic heterocycles. The third-order valence-electron chi connectivity index (χ3n) is 5.88. The Hall–Kier alpha value is -3.51. The summed E-state index contributed by atoms with van der Waals surface area (Å²) in [5.74, 6) is -2.03. The molecule has 1 unspecified atom stereocenters. The van der Waals surface area contributed by atoms with Crippen LogP contribution in [0, 0.1) is 0 Å². The molecule has 4 rings (SSSR count). The van der Waals surface area contributed by atoms with Gasteiger partial charge in [0.2, 0.25) is 5.91 Å². The molecule has 1 atom stereocenters. The van der Waals surface area contributed by atoms with Crippen LogP contribution in [0.25, 0.3) is 10.8 Å². The normalized spacial score (nSPS) is 17.5. The summed E-state index contributed by atoms with van der Waals surface area (Å²) in [5, 5.41) is 8.25. The number of benzene rings is 3. The zero-order valence-electron chi connectivity index (χ0n) is 19.5. The van der Waals surface area contributed by atoms with Gasteiger partial charge in [-0.1, -0.05) is 64.8 Å². The zero-order valence-corrected chi connectivity index (χ0v) is 21.0. The molecule has 3 aromatic carbocycles. The van der Waals surface area contributed by atoms with E-state index in [0.717, 1.165) is 12.1 Å². The van der Waals surface area contributed by atoms with Crippen LogP contribution in [0.1, 0.15) is 27.9 Å². The fourth-order valence-electron chi connectivity index (χ4n) is 4.10. The summed E-state index contributed by atoms with van der Waals surface area (Å²) in [4.78, 5) is 30.0. The molecular weight excluding hydrogens is 575 g/mol. The molecule has 206 valence electrons. The van der Waals surface area contributed by atoms with Crippen molar-refractivity contribution in [1.29, 1.82) is 0 Å². The maximum Gasteiger partial charge on any atom is 0.435 e. The Morgan fingerprint density at radius 3 is 2.26 bits per heavy atom. The van der Waals surface area contributed by atoms with Crippen molar-refractivity contribution < 1.29 is 40.8 Å². The van der Waals surface area contributed by atoms with Crippen LogP contribution in [0.2, 0.25) is 10.0 Å². The lowest BCUT2D eigenvalue weighted by atomic mass is 9.85. The van der Waals surface area contributed by atoms with Crippen molar-refractivity contribution in [2.45, 2.75) is 24.4 Å². The van der Waals surface area contributed by atoms with E-state index < -0.39 is 54.8 Å². The molecule has 3 aromatic rings. The molecule has 1 aliphatic rings. The van der Waals surface area contributed by atoms with E-state index in [1.807, 2.05) is 0 Å². The first-order chi connectivity index (χ1) is 18.2. The SMILES string of the molecule is O=C(CNC(=O)c1c(C2=NOC(c3cc(Cl)cc(Cl)c3)(C(F)(F)F)C2)ccc2ccccc12)NCC(F)(F)F. The fourth-order valence-corrected chi connectivity index (χ4v) is 4.63. The van der Waals surface area contributed by atoms with E-state index in [0.29, 0.717) is 10.8 Å². The highest BCUT2D eigenvalue weighted by Crippen LogP contribution is 2.50. The first-order valence-corrected chi connectivity index (χ1v) is 11.9. The average molecular weight is 592 g/mol. The van der Waals surface area contributed by atoms with E-state index in [1.165, 1.54) is 18.2 Å². The number of rotatable bonds is 6. The smallest absolute Gasteiger partial charge is 0.374 e. The number of nitrogens with one attached hydrogen (secondary N) is 2. The third-order valence-corrected chi connectivity index (χ3v) is 6.31. The molecule has 0 aliphatic carbocycles. The maximum atomic E-state index is 14.4. The maximum absolute atomic E-state index is 14.4. The van der Waals surface area contributed by atoms with Gasteiger partial charge in [-0.15, -0.1) is 0 Å². The van der Waals surface area contributed by atoms with Crippen LogP contribution in [-0.2, 0) is 15.2 Å². The monoisotopic (exact) mass is 591 g/mol. The van der Waals surface area contributed by atoms with Crippen LogP contribution in [0.4, 0.5) is 26.3 Å². The van der Waals surface area contributed by atoms with Gasteiger partial charge in [-0.2, -0.15) is 26.3 Å². The molecule has 39 heavy (non-hydrogen) atoms. The van der Waals surface area contributed by atoms with Crippen molar-refractivity contribution in [2.75, 3.05) is 13.1 Å². The number of carbonyl (C=O) groups is 2. The van der Waals surface area contributed by atoms with Crippen molar-refractivity contribution >= 4 is 51.5 Å². The summed E-state index contributed by atoms with van der Waals surface area (Å²) in [6, 6.07) is 12.7. The molecule has 1 aliphatic heterocycles. The summed E-state index contributed by atoms with van der Waals surface area (Å²) < 4.78 is 80.4. The lowest BCUT2D eigenvalue weighted by Crippen LogP contribution is -2.43. The van der Waals surface area contributed by atoms with Gasteiger partial charge in [0, 0.05) is 27.6 Å². The Kier molecular flexibility index (Phi) is 7.72. The number of nitrogens with zero attached hydrogens (tertiary/aromatic N) is 1. The summed E-state index contributed by atoms with van der Waals surface area (Å²) in [6.07, 6.45) is -10.5. The number of halogens is 8. The van der Waals surface area contributed by atoms with Gasteiger partial charge in [-0.3, -0.25) is 9.59 Å². The largest absolute Gasteiger partial charge is 0.435 e. The first kappa shape index (κ1) is 28.5. The molecule has 2 amide bonds. The Morgan fingerprint density at radius 2 is 1.62 bits per heavy atom. The van der Waals surface area contributed by atoms with Crippen molar-refractivity contribution in [3.63, 3.8) is 0 Å². The van der Waals surface area contributed by atoms with Crippen LogP contribution in [-0.4, -0.2) is 43.0 Å². The molecule has 2 N–H and O–H groups in total. The molecule has 0 radical (unpaired) electrons. The number of alkyl halides is 6. The average Bonchev–Trinajstić information content (AvgIpc) is 3.31. The van der Waals surface area contributed by atoms with E-state index in [9.17, 15) is 35.9 Å². The highest BCUT2D eigenvalue weighted by molar-refractivity contribution is 6.34. The topological polar surface area (TPSA) is 79.8 Å². The number of fused-ring (bicyclic) bond motifs is 1. The predicted octanol–water partition coefficient (Wildman–Crippen LogP) is 6.14. The molecule has 0 saturated carbocycles. The van der Waals surface area contributed by atoms with Crippen LogP contribution >= 0.6 is 23.2 Å². The van der Waals surface area contributed by atoms with Crippen LogP contribution in [0.15, 0.2) is 59.8 Å². The fraction of sp³-hybridized carbons (Fsp3) is 0.240. The second-order valence-electron chi connectivity index (χ2n) is 8.57. The first-order valence-electron chi connectivity index (χ1n) is 11.1. The minimum atomic E-state index is -4.98. The number of amides is 2. The zero-order chi connectivity index (χ0) is 28.6. The molecule has 6 nitrogen and oxygen atoms in total. The van der Waals surface area contributed by atoms with Crippen LogP contribution < -0.4 is 10.6 Å². The van der Waals surface area contributed by atoms with Gasteiger partial charge in [-0.05, 0) is 29.0 Å². The highest BCUT2D eigenvalue weighted by Gasteiger charge is 2.62. The minimum Gasteiger partial charge on any atom is -0.374 e. The molecule has 0 saturated heterocycles. The summed E-state index contributed by atoms with van der Waals surface area (Å²) >= 11 is 11.9. The van der Waals surface area contributed by atoms with Gasteiger partial charge in [0.1, 0.15) is 6.54 Å². The Morgan fingerprint density at radius 1 is 0.949 bits per heavy atom. The minimum absolute atomic E-state index is 0.0267. The van der Waals surface area contributed by atoms with Crippen molar-refractivity contribution in [2.24, 2.45) is 5.16 Å². The van der Waals surface area contributed by atoms with E-state index in [-0.39, 0.29) is 26.9 Å². The van der Waals surface area contributed by atoms with Crippen molar-refractivity contribution in [3.05, 3.63) is 81.3 Å². The lowest BCUT2D eigenvalue weighted by molar-refractivity contribution is -0.275. The number of hydrogen-bond acceptors (Lipinski definition) is 4. The van der Waals surface area contributed by atoms with E-state index in [4.69, 9.17) is 28.0 Å². The molecule has 0 spiro atoms. The standard InChI is InChI=1S/C25H17Cl2F6N3O3/c26-15-7-14(8-16(27)9-15)23(25(31,32)33)10-19(36-39-23)18-6-5-13-3-1-2-4-17(13)21(18)22(38)34-11-20(37)35-12-24(28,29)30/h1-9H,10-12H2,(H,34,38)(H,35,37). The highest BCUT2D eigenvalue weighted by atomic mass is 35.5. The van der Waals surface area contributed by atoms with Crippen molar-refractivity contribution in [1.82, 2.24) is 10.6 Å². The van der Waals surface area contributed by atoms with Gasteiger partial charge < -0.3 is 15.5 Å². The van der Waals surface area contributed by atoms with Gasteiger partial charge in [-0.25, -0.2) is 0 Å². The second-order valence-corrected chi connectivity index (χ2v) is 9.45. The molecule has 0 bridgehead atoms. The third kappa shape index (κ3) is 6.06. The van der Waals surface area contributed by atoms with E-state index in [2.05, 4.69) is 10.5 Å². The van der Waals surface area contributed by atoms with Gasteiger partial charge in [0.15, 0.2) is 0 Å². The lowest BCUT2D eigenvalue weighted by Gasteiger charge is -2.29. The van der Waals surface area contributed by atoms with E-state index in [1.54, 1.807) is 29.6 Å². The van der Waals surface area contributed by atoms with Crippen LogP contribution in [0.3, 0.4) is 0 Å². The van der Waals surface area contributed by atoms with Crippen LogP contribution in [0.5, 0.6) is 0 Å². The summed E-state index contributed by atoms with van der Waals surface area (Å²) in [5.41, 5.74) is -3.77. The van der Waals surface area contributed by atoms with Gasteiger partial charge in [0.25, 0.3) is 11.5 Å². The van der Waals surface area contributed by atoms with Crippen molar-refractivity contribution in [3.8, 4) is 0 Å². The number of oxime groups is 1.